The molecule has 0 aromatic rings. The number of esters is 1. The molecule has 0 aliphatic heterocycles. The number of rotatable bonds is 60. The molecule has 0 radical (unpaired) electrons. The summed E-state index contributed by atoms with van der Waals surface area (Å²) in [6.45, 7) is 4.93. The van der Waals surface area contributed by atoms with Crippen LogP contribution in [0.4, 0.5) is 0 Å². The summed E-state index contributed by atoms with van der Waals surface area (Å²) in [4.78, 5) is 24.5. The summed E-state index contributed by atoms with van der Waals surface area (Å²) >= 11 is 0. The lowest BCUT2D eigenvalue weighted by Gasteiger charge is -2.22. The van der Waals surface area contributed by atoms with Gasteiger partial charge < -0.3 is 20.3 Å². The second-order valence-electron chi connectivity index (χ2n) is 22.1. The summed E-state index contributed by atoms with van der Waals surface area (Å²) in [6, 6.07) is -0.541. The molecule has 72 heavy (non-hydrogen) atoms. The van der Waals surface area contributed by atoms with E-state index in [0.29, 0.717) is 25.9 Å². The highest BCUT2D eigenvalue weighted by molar-refractivity contribution is 5.76. The number of carbonyl (C=O) groups excluding carboxylic acids is 2. The number of unbranched alkanes of at least 4 members (excludes halogenated alkanes) is 43. The number of allylic oxidation sites excluding steroid dienone is 6. The Balaban J connectivity index is 3.38. The van der Waals surface area contributed by atoms with Crippen LogP contribution in [0.25, 0.3) is 0 Å². The Morgan fingerprint density at radius 3 is 1.10 bits per heavy atom. The van der Waals surface area contributed by atoms with Gasteiger partial charge in [0.15, 0.2) is 0 Å². The van der Waals surface area contributed by atoms with Crippen LogP contribution >= 0.6 is 0 Å². The number of nitrogens with one attached hydrogen (secondary N) is 1. The molecule has 2 unspecified atom stereocenters. The fourth-order valence-corrected chi connectivity index (χ4v) is 9.96. The van der Waals surface area contributed by atoms with Gasteiger partial charge in [0, 0.05) is 12.8 Å². The Morgan fingerprint density at radius 2 is 0.694 bits per heavy atom. The predicted octanol–water partition coefficient (Wildman–Crippen LogP) is 20.4. The highest BCUT2D eigenvalue weighted by Crippen LogP contribution is 2.18. The molecule has 0 aromatic carbocycles. The van der Waals surface area contributed by atoms with Crippen LogP contribution in [0.2, 0.25) is 0 Å². The molecular formula is C66H125NO5. The smallest absolute Gasteiger partial charge is 0.305 e. The molecule has 0 bridgehead atoms. The number of ether oxygens (including phenoxy) is 1. The molecule has 0 saturated heterocycles. The molecule has 6 heteroatoms. The summed E-state index contributed by atoms with van der Waals surface area (Å²) in [6.07, 6.45) is 77.4. The first kappa shape index (κ1) is 70.1. The summed E-state index contributed by atoms with van der Waals surface area (Å²) in [5.74, 6) is -0.0338. The average molecular weight is 1010 g/mol. The Hall–Kier alpha value is -1.92. The molecule has 1 amide bonds. The Labute approximate surface area is 449 Å². The Kier molecular flexibility index (Phi) is 60.0. The van der Waals surface area contributed by atoms with E-state index in [1.807, 2.05) is 0 Å². The predicted molar refractivity (Wildman–Crippen MR) is 315 cm³/mol. The van der Waals surface area contributed by atoms with Gasteiger partial charge >= 0.3 is 5.97 Å². The third-order valence-corrected chi connectivity index (χ3v) is 14.9. The van der Waals surface area contributed by atoms with E-state index in [-0.39, 0.29) is 18.5 Å². The van der Waals surface area contributed by atoms with Crippen LogP contribution in [0.3, 0.4) is 0 Å². The third kappa shape index (κ3) is 57.4. The van der Waals surface area contributed by atoms with Gasteiger partial charge in [-0.2, -0.15) is 0 Å². The monoisotopic (exact) mass is 1010 g/mol. The van der Waals surface area contributed by atoms with Crippen molar-refractivity contribution in [2.24, 2.45) is 0 Å². The van der Waals surface area contributed by atoms with Crippen molar-refractivity contribution in [1.82, 2.24) is 5.32 Å². The number of hydrogen-bond donors (Lipinski definition) is 3. The lowest BCUT2D eigenvalue weighted by molar-refractivity contribution is -0.143. The van der Waals surface area contributed by atoms with Crippen molar-refractivity contribution in [3.63, 3.8) is 0 Å². The van der Waals surface area contributed by atoms with Crippen LogP contribution < -0.4 is 5.32 Å². The SMILES string of the molecule is CCCCC/C=C\C/C=C\CCCCCCCC(=O)OCCCCCCCCCCCCCC/C=C\CCCCCCCCCCCCCC(=O)NC(CO)C(O)CCCCCCCCCCCCCCC. The average Bonchev–Trinajstić information content (AvgIpc) is 3.38. The molecule has 0 saturated carbocycles. The van der Waals surface area contributed by atoms with Crippen LogP contribution in [0.5, 0.6) is 0 Å². The minimum absolute atomic E-state index is 0.00113. The molecule has 0 aliphatic rings. The number of carbonyl (C=O) groups is 2. The number of aliphatic hydroxyl groups excluding tert-OH is 2. The van der Waals surface area contributed by atoms with E-state index in [0.717, 1.165) is 51.4 Å². The second kappa shape index (κ2) is 61.6. The fourth-order valence-electron chi connectivity index (χ4n) is 9.96. The largest absolute Gasteiger partial charge is 0.466 e. The second-order valence-corrected chi connectivity index (χ2v) is 22.1. The van der Waals surface area contributed by atoms with Crippen LogP contribution in [0.15, 0.2) is 36.5 Å². The zero-order valence-electron chi connectivity index (χ0n) is 48.4. The Bertz CT molecular complexity index is 1170. The maximum absolute atomic E-state index is 12.5. The highest BCUT2D eigenvalue weighted by Gasteiger charge is 2.20. The van der Waals surface area contributed by atoms with E-state index in [4.69, 9.17) is 4.74 Å². The van der Waals surface area contributed by atoms with Gasteiger partial charge in [-0.1, -0.05) is 288 Å². The van der Waals surface area contributed by atoms with Gasteiger partial charge in [-0.3, -0.25) is 9.59 Å². The molecule has 0 spiro atoms. The minimum Gasteiger partial charge on any atom is -0.466 e. The van der Waals surface area contributed by atoms with E-state index < -0.39 is 12.1 Å². The molecule has 0 fully saturated rings. The van der Waals surface area contributed by atoms with Crippen LogP contribution in [0, 0.1) is 0 Å². The van der Waals surface area contributed by atoms with E-state index in [2.05, 4.69) is 55.6 Å². The van der Waals surface area contributed by atoms with Crippen LogP contribution in [0.1, 0.15) is 348 Å². The van der Waals surface area contributed by atoms with Crippen molar-refractivity contribution in [1.29, 1.82) is 0 Å². The minimum atomic E-state index is -0.664. The van der Waals surface area contributed by atoms with E-state index >= 15 is 0 Å². The molecule has 3 N–H and O–H groups in total. The summed E-state index contributed by atoms with van der Waals surface area (Å²) in [7, 11) is 0. The summed E-state index contributed by atoms with van der Waals surface area (Å²) in [5.41, 5.74) is 0. The first-order chi connectivity index (χ1) is 35.5. The Morgan fingerprint density at radius 1 is 0.389 bits per heavy atom. The maximum Gasteiger partial charge on any atom is 0.305 e. The molecule has 0 rings (SSSR count). The van der Waals surface area contributed by atoms with Crippen molar-refractivity contribution >= 4 is 11.9 Å². The lowest BCUT2D eigenvalue weighted by Crippen LogP contribution is -2.45. The van der Waals surface area contributed by atoms with Gasteiger partial charge in [0.1, 0.15) is 0 Å². The number of aliphatic hydroxyl groups is 2. The van der Waals surface area contributed by atoms with Crippen molar-refractivity contribution in [2.75, 3.05) is 13.2 Å². The standard InChI is InChI=1S/C66H125NO5/c1-3-5-7-9-11-13-15-17-31-36-40-44-48-52-56-60-66(71)72-61-57-53-49-45-41-37-33-30-28-26-24-22-20-18-19-21-23-25-27-29-32-35-39-43-47-51-55-59-65(70)67-63(62-68)64(69)58-54-50-46-42-38-34-16-14-12-10-8-6-4-2/h11,13,17-19,31,63-64,68-69H,3-10,12,14-16,20-30,32-62H2,1-2H3,(H,67,70)/b13-11-,19-18-,31-17-. The lowest BCUT2D eigenvalue weighted by atomic mass is 10.0. The number of amides is 1. The first-order valence-electron chi connectivity index (χ1n) is 32.2. The molecule has 0 aliphatic carbocycles. The molecule has 2 atom stereocenters. The van der Waals surface area contributed by atoms with E-state index in [1.165, 1.54) is 263 Å². The van der Waals surface area contributed by atoms with E-state index in [1.54, 1.807) is 0 Å². The zero-order chi connectivity index (χ0) is 52.2. The van der Waals surface area contributed by atoms with Crippen LogP contribution in [-0.4, -0.2) is 47.4 Å². The molecule has 6 nitrogen and oxygen atoms in total. The maximum atomic E-state index is 12.5. The van der Waals surface area contributed by atoms with Gasteiger partial charge in [-0.15, -0.1) is 0 Å². The summed E-state index contributed by atoms with van der Waals surface area (Å²) < 4.78 is 5.48. The third-order valence-electron chi connectivity index (χ3n) is 14.9. The van der Waals surface area contributed by atoms with Gasteiger partial charge in [-0.25, -0.2) is 0 Å². The quantitative estimate of drug-likeness (QED) is 0.0320. The van der Waals surface area contributed by atoms with Crippen LogP contribution in [-0.2, 0) is 14.3 Å². The van der Waals surface area contributed by atoms with Gasteiger partial charge in [-0.05, 0) is 83.5 Å². The molecule has 424 valence electrons. The summed E-state index contributed by atoms with van der Waals surface area (Å²) in [5, 5.41) is 23.3. The zero-order valence-corrected chi connectivity index (χ0v) is 48.4. The highest BCUT2D eigenvalue weighted by atomic mass is 16.5. The van der Waals surface area contributed by atoms with Crippen molar-refractivity contribution in [2.45, 2.75) is 360 Å². The van der Waals surface area contributed by atoms with Crippen molar-refractivity contribution in [3.8, 4) is 0 Å². The van der Waals surface area contributed by atoms with Crippen molar-refractivity contribution < 1.29 is 24.5 Å². The van der Waals surface area contributed by atoms with Gasteiger partial charge in [0.2, 0.25) is 5.91 Å². The first-order valence-corrected chi connectivity index (χ1v) is 32.2. The molecular weight excluding hydrogens is 887 g/mol. The molecule has 0 heterocycles. The number of hydrogen-bond acceptors (Lipinski definition) is 5. The van der Waals surface area contributed by atoms with Crippen molar-refractivity contribution in [3.05, 3.63) is 36.5 Å². The topological polar surface area (TPSA) is 95.9 Å². The van der Waals surface area contributed by atoms with Gasteiger partial charge in [0.05, 0.1) is 25.4 Å². The van der Waals surface area contributed by atoms with Gasteiger partial charge in [0.25, 0.3) is 0 Å². The molecule has 0 aromatic heterocycles. The fraction of sp³-hybridized carbons (Fsp3) is 0.879. The normalized spacial score (nSPS) is 12.8. The van der Waals surface area contributed by atoms with E-state index in [9.17, 15) is 19.8 Å².